The minimum Gasteiger partial charge on any atom is -0.385 e. The highest BCUT2D eigenvalue weighted by Crippen LogP contribution is 2.49. The number of benzene rings is 1. The maximum atomic E-state index is 6.11. The smallest absolute Gasteiger partial charge is 0.194 e. The van der Waals surface area contributed by atoms with E-state index >= 15 is 0 Å². The van der Waals surface area contributed by atoms with Gasteiger partial charge in [0.05, 0.1) is 13.2 Å². The SMILES string of the molecule is CCNC(=NCC1(CCOC)CC1)N1CCOC(c2ccc(C)cc2C)C1.I. The van der Waals surface area contributed by atoms with Crippen LogP contribution in [0.2, 0.25) is 0 Å². The molecular formula is C22H36IN3O2. The average Bonchev–Trinajstić information content (AvgIpc) is 3.44. The van der Waals surface area contributed by atoms with E-state index in [2.05, 4.69) is 49.2 Å². The Morgan fingerprint density at radius 1 is 1.36 bits per heavy atom. The lowest BCUT2D eigenvalue weighted by atomic mass is 10.00. The summed E-state index contributed by atoms with van der Waals surface area (Å²) in [6, 6.07) is 6.63. The van der Waals surface area contributed by atoms with E-state index in [1.807, 2.05) is 0 Å². The molecule has 6 heteroatoms. The van der Waals surface area contributed by atoms with Crippen molar-refractivity contribution in [1.29, 1.82) is 0 Å². The number of ether oxygens (including phenoxy) is 2. The van der Waals surface area contributed by atoms with Crippen molar-refractivity contribution >= 4 is 29.9 Å². The first-order valence-electron chi connectivity index (χ1n) is 10.3. The number of methoxy groups -OCH3 is 1. The van der Waals surface area contributed by atoms with Gasteiger partial charge in [0.1, 0.15) is 6.10 Å². The highest BCUT2D eigenvalue weighted by molar-refractivity contribution is 14.0. The quantitative estimate of drug-likeness (QED) is 0.348. The second-order valence-electron chi connectivity index (χ2n) is 8.08. The second kappa shape index (κ2) is 10.8. The zero-order valence-electron chi connectivity index (χ0n) is 17.8. The number of morpholine rings is 1. The molecule has 0 amide bonds. The van der Waals surface area contributed by atoms with Gasteiger partial charge in [-0.15, -0.1) is 24.0 Å². The van der Waals surface area contributed by atoms with Gasteiger partial charge in [-0.25, -0.2) is 0 Å². The molecule has 2 fully saturated rings. The Balaban J connectivity index is 0.00000280. The van der Waals surface area contributed by atoms with Crippen LogP contribution in [0.3, 0.4) is 0 Å². The number of aliphatic imine (C=N–C) groups is 1. The van der Waals surface area contributed by atoms with Crippen molar-refractivity contribution in [2.45, 2.75) is 46.1 Å². The highest BCUT2D eigenvalue weighted by atomic mass is 127. The van der Waals surface area contributed by atoms with Crippen molar-refractivity contribution in [2.75, 3.05) is 46.5 Å². The third-order valence-electron chi connectivity index (χ3n) is 5.83. The van der Waals surface area contributed by atoms with E-state index in [0.29, 0.717) is 5.41 Å². The molecule has 158 valence electrons. The highest BCUT2D eigenvalue weighted by Gasteiger charge is 2.42. The molecule has 1 atom stereocenters. The molecule has 1 unspecified atom stereocenters. The maximum absolute atomic E-state index is 6.11. The number of nitrogens with one attached hydrogen (secondary N) is 1. The van der Waals surface area contributed by atoms with E-state index in [4.69, 9.17) is 14.5 Å². The number of halogens is 1. The Bertz CT molecular complexity index is 661. The number of nitrogens with zero attached hydrogens (tertiary/aromatic N) is 2. The molecule has 2 aliphatic rings. The zero-order chi connectivity index (χ0) is 19.3. The molecular weight excluding hydrogens is 465 g/mol. The minimum absolute atomic E-state index is 0. The molecule has 1 N–H and O–H groups in total. The van der Waals surface area contributed by atoms with Crippen LogP contribution in [0.25, 0.3) is 0 Å². The van der Waals surface area contributed by atoms with Gasteiger partial charge in [-0.2, -0.15) is 0 Å². The lowest BCUT2D eigenvalue weighted by Crippen LogP contribution is -2.48. The molecule has 1 aliphatic heterocycles. The standard InChI is InChI=1S/C22H35N3O2.HI/c1-5-23-21(24-16-22(8-9-22)10-12-26-4)25-11-13-27-20(15-25)19-7-6-17(2)14-18(19)3;/h6-7,14,20H,5,8-13,15-16H2,1-4H3,(H,23,24);1H. The Morgan fingerprint density at radius 2 is 2.14 bits per heavy atom. The summed E-state index contributed by atoms with van der Waals surface area (Å²) >= 11 is 0. The van der Waals surface area contributed by atoms with Crippen LogP contribution in [-0.4, -0.2) is 57.4 Å². The zero-order valence-corrected chi connectivity index (χ0v) is 20.1. The van der Waals surface area contributed by atoms with Crippen molar-refractivity contribution in [1.82, 2.24) is 10.2 Å². The summed E-state index contributed by atoms with van der Waals surface area (Å²) in [4.78, 5) is 7.37. The van der Waals surface area contributed by atoms with E-state index in [1.54, 1.807) is 7.11 Å². The molecule has 1 aromatic carbocycles. The molecule has 3 rings (SSSR count). The van der Waals surface area contributed by atoms with E-state index in [0.717, 1.165) is 51.8 Å². The number of guanidine groups is 1. The van der Waals surface area contributed by atoms with Gasteiger partial charge in [0.2, 0.25) is 0 Å². The molecule has 28 heavy (non-hydrogen) atoms. The van der Waals surface area contributed by atoms with Gasteiger partial charge in [-0.3, -0.25) is 4.99 Å². The van der Waals surface area contributed by atoms with Crippen LogP contribution in [-0.2, 0) is 9.47 Å². The molecule has 0 spiro atoms. The van der Waals surface area contributed by atoms with Crippen LogP contribution in [0, 0.1) is 19.3 Å². The van der Waals surface area contributed by atoms with Crippen LogP contribution in [0.5, 0.6) is 0 Å². The summed E-state index contributed by atoms with van der Waals surface area (Å²) in [5, 5.41) is 3.49. The van der Waals surface area contributed by atoms with Gasteiger partial charge < -0.3 is 19.7 Å². The molecule has 5 nitrogen and oxygen atoms in total. The van der Waals surface area contributed by atoms with Crippen molar-refractivity contribution < 1.29 is 9.47 Å². The fraction of sp³-hybridized carbons (Fsp3) is 0.682. The average molecular weight is 501 g/mol. The maximum Gasteiger partial charge on any atom is 0.194 e. The number of hydrogen-bond donors (Lipinski definition) is 1. The van der Waals surface area contributed by atoms with Gasteiger partial charge in [0, 0.05) is 33.4 Å². The van der Waals surface area contributed by atoms with Gasteiger partial charge in [-0.05, 0) is 56.6 Å². The van der Waals surface area contributed by atoms with Gasteiger partial charge >= 0.3 is 0 Å². The molecule has 1 saturated heterocycles. The normalized spacial score (nSPS) is 21.2. The Kier molecular flexibility index (Phi) is 9.02. The van der Waals surface area contributed by atoms with E-state index in [9.17, 15) is 0 Å². The minimum atomic E-state index is 0. The molecule has 1 saturated carbocycles. The first-order chi connectivity index (χ1) is 13.1. The van der Waals surface area contributed by atoms with Gasteiger partial charge in [-0.1, -0.05) is 23.8 Å². The summed E-state index contributed by atoms with van der Waals surface area (Å²) < 4.78 is 11.4. The third-order valence-corrected chi connectivity index (χ3v) is 5.83. The lowest BCUT2D eigenvalue weighted by molar-refractivity contribution is -0.00837. The summed E-state index contributed by atoms with van der Waals surface area (Å²) in [7, 11) is 1.78. The van der Waals surface area contributed by atoms with Crippen molar-refractivity contribution in [3.63, 3.8) is 0 Å². The number of rotatable bonds is 7. The van der Waals surface area contributed by atoms with E-state index in [-0.39, 0.29) is 30.1 Å². The number of hydrogen-bond acceptors (Lipinski definition) is 3. The van der Waals surface area contributed by atoms with Crippen LogP contribution >= 0.6 is 24.0 Å². The first-order valence-corrected chi connectivity index (χ1v) is 10.3. The Labute approximate surface area is 187 Å². The number of aryl methyl sites for hydroxylation is 2. The monoisotopic (exact) mass is 501 g/mol. The fourth-order valence-electron chi connectivity index (χ4n) is 3.87. The topological polar surface area (TPSA) is 46.1 Å². The summed E-state index contributed by atoms with van der Waals surface area (Å²) in [5.74, 6) is 1.03. The Morgan fingerprint density at radius 3 is 2.79 bits per heavy atom. The Hall–Kier alpha value is -0.860. The second-order valence-corrected chi connectivity index (χ2v) is 8.08. The largest absolute Gasteiger partial charge is 0.385 e. The molecule has 0 bridgehead atoms. The van der Waals surface area contributed by atoms with Gasteiger partial charge in [0.25, 0.3) is 0 Å². The van der Waals surface area contributed by atoms with Crippen LogP contribution in [0.15, 0.2) is 23.2 Å². The van der Waals surface area contributed by atoms with Crippen molar-refractivity contribution in [3.8, 4) is 0 Å². The van der Waals surface area contributed by atoms with Crippen molar-refractivity contribution in [3.05, 3.63) is 34.9 Å². The third kappa shape index (κ3) is 6.07. The fourth-order valence-corrected chi connectivity index (χ4v) is 3.87. The first kappa shape index (κ1) is 23.4. The molecule has 1 aliphatic carbocycles. The van der Waals surface area contributed by atoms with Gasteiger partial charge in [0.15, 0.2) is 5.96 Å². The van der Waals surface area contributed by atoms with Crippen LogP contribution in [0.1, 0.15) is 49.0 Å². The molecule has 1 heterocycles. The predicted molar refractivity (Wildman–Crippen MR) is 126 cm³/mol. The summed E-state index contributed by atoms with van der Waals surface area (Å²) in [5.41, 5.74) is 4.26. The predicted octanol–water partition coefficient (Wildman–Crippen LogP) is 4.08. The molecule has 0 radical (unpaired) electrons. The lowest BCUT2D eigenvalue weighted by Gasteiger charge is -2.36. The van der Waals surface area contributed by atoms with Crippen LogP contribution < -0.4 is 5.32 Å². The van der Waals surface area contributed by atoms with E-state index < -0.39 is 0 Å². The summed E-state index contributed by atoms with van der Waals surface area (Å²) in [6.07, 6.45) is 3.76. The molecule has 0 aromatic heterocycles. The van der Waals surface area contributed by atoms with Crippen LogP contribution in [0.4, 0.5) is 0 Å². The van der Waals surface area contributed by atoms with E-state index in [1.165, 1.54) is 29.5 Å². The summed E-state index contributed by atoms with van der Waals surface area (Å²) in [6.45, 7) is 11.5. The molecule has 1 aromatic rings. The van der Waals surface area contributed by atoms with Crippen molar-refractivity contribution in [2.24, 2.45) is 10.4 Å².